The van der Waals surface area contributed by atoms with Crippen LogP contribution in [-0.2, 0) is 12.6 Å². The molecule has 1 aromatic carbocycles. The summed E-state index contributed by atoms with van der Waals surface area (Å²) in [4.78, 5) is 9.78. The maximum Gasteiger partial charge on any atom is 0.416 e. The summed E-state index contributed by atoms with van der Waals surface area (Å²) < 4.78 is 41.3. The third-order valence-corrected chi connectivity index (χ3v) is 9.69. The summed E-state index contributed by atoms with van der Waals surface area (Å²) in [6, 6.07) is 12.5. The number of halogens is 3. The van der Waals surface area contributed by atoms with Crippen LogP contribution < -0.4 is 10.2 Å². The fourth-order valence-corrected chi connectivity index (χ4v) is 6.84. The molecule has 0 spiro atoms. The van der Waals surface area contributed by atoms with E-state index in [0.717, 1.165) is 74.2 Å². The highest BCUT2D eigenvalue weighted by molar-refractivity contribution is 5.73. The third-order valence-electron chi connectivity index (χ3n) is 9.69. The molecule has 262 valence electrons. The van der Waals surface area contributed by atoms with E-state index in [4.69, 9.17) is 10.1 Å². The van der Waals surface area contributed by atoms with E-state index in [-0.39, 0.29) is 0 Å². The molecule has 4 heterocycles. The van der Waals surface area contributed by atoms with Crippen molar-refractivity contribution >= 4 is 23.1 Å². The van der Waals surface area contributed by atoms with Gasteiger partial charge in [-0.1, -0.05) is 88.8 Å². The van der Waals surface area contributed by atoms with E-state index in [1.807, 2.05) is 35.8 Å². The van der Waals surface area contributed by atoms with Gasteiger partial charge in [0.2, 0.25) is 5.95 Å². The number of rotatable bonds is 19. The molecule has 1 unspecified atom stereocenters. The zero-order chi connectivity index (χ0) is 33.8. The molecule has 0 radical (unpaired) electrons. The highest BCUT2D eigenvalue weighted by Crippen LogP contribution is 2.32. The standard InChI is InChI=1S/C37H53F3N8/c1-29-28-34(44-43-29)41-35-33-22-17-23-48(33)45-36(42-35)47-26-24-46(25-27-47)30(2)18-13-11-9-7-5-3-4-6-8-10-12-14-19-31-20-15-16-21-32(31)37(38,39)40/h15-17,20-23,28,30H,3-14,18-19,24-27H2,1-2H3,(H2,41,42,43,44,45). The van der Waals surface area contributed by atoms with Gasteiger partial charge in [0.15, 0.2) is 11.6 Å². The number of hydrogen-bond donors (Lipinski definition) is 2. The van der Waals surface area contributed by atoms with Gasteiger partial charge in [-0.05, 0) is 56.9 Å². The van der Waals surface area contributed by atoms with Gasteiger partial charge in [-0.15, -0.1) is 5.10 Å². The molecular weight excluding hydrogens is 613 g/mol. The molecule has 8 nitrogen and oxygen atoms in total. The van der Waals surface area contributed by atoms with Crippen molar-refractivity contribution in [3.63, 3.8) is 0 Å². The van der Waals surface area contributed by atoms with Crippen LogP contribution in [0.2, 0.25) is 0 Å². The van der Waals surface area contributed by atoms with Crippen molar-refractivity contribution in [3.8, 4) is 0 Å². The van der Waals surface area contributed by atoms with E-state index in [1.54, 1.807) is 12.1 Å². The first-order chi connectivity index (χ1) is 23.3. The van der Waals surface area contributed by atoms with Crippen molar-refractivity contribution in [2.75, 3.05) is 36.4 Å². The fraction of sp³-hybridized carbons (Fsp3) is 0.595. The summed E-state index contributed by atoms with van der Waals surface area (Å²) in [7, 11) is 0. The number of fused-ring (bicyclic) bond motifs is 1. The Morgan fingerprint density at radius 2 is 1.48 bits per heavy atom. The van der Waals surface area contributed by atoms with Gasteiger partial charge in [0.1, 0.15) is 5.52 Å². The van der Waals surface area contributed by atoms with Crippen LogP contribution in [0.1, 0.15) is 107 Å². The normalized spacial score (nSPS) is 15.0. The van der Waals surface area contributed by atoms with Crippen LogP contribution in [0.15, 0.2) is 48.7 Å². The molecule has 1 aliphatic heterocycles. The number of aryl methyl sites for hydroxylation is 2. The van der Waals surface area contributed by atoms with Crippen molar-refractivity contribution in [2.45, 2.75) is 116 Å². The topological polar surface area (TPSA) is 77.4 Å². The maximum atomic E-state index is 13.1. The Labute approximate surface area is 283 Å². The minimum atomic E-state index is -4.26. The van der Waals surface area contributed by atoms with Gasteiger partial charge in [0, 0.05) is 50.2 Å². The third kappa shape index (κ3) is 10.4. The zero-order valence-electron chi connectivity index (χ0n) is 28.7. The second-order valence-corrected chi connectivity index (χ2v) is 13.5. The first-order valence-corrected chi connectivity index (χ1v) is 18.1. The molecule has 1 aliphatic rings. The second kappa shape index (κ2) is 17.7. The maximum absolute atomic E-state index is 13.1. The number of alkyl halides is 3. The van der Waals surface area contributed by atoms with Crippen molar-refractivity contribution in [1.29, 1.82) is 0 Å². The number of nitrogens with one attached hydrogen (secondary N) is 2. The Hall–Kier alpha value is -3.60. The zero-order valence-corrected chi connectivity index (χ0v) is 28.7. The van der Waals surface area contributed by atoms with Gasteiger partial charge in [-0.25, -0.2) is 4.52 Å². The quantitative estimate of drug-likeness (QED) is 0.0972. The monoisotopic (exact) mass is 666 g/mol. The highest BCUT2D eigenvalue weighted by atomic mass is 19.4. The van der Waals surface area contributed by atoms with E-state index < -0.39 is 11.7 Å². The average molecular weight is 667 g/mol. The number of hydrogen-bond acceptors (Lipinski definition) is 6. The summed E-state index contributed by atoms with van der Waals surface area (Å²) in [5, 5.41) is 15.4. The molecule has 11 heteroatoms. The van der Waals surface area contributed by atoms with E-state index in [1.165, 1.54) is 76.3 Å². The molecule has 0 bridgehead atoms. The molecule has 5 rings (SSSR count). The van der Waals surface area contributed by atoms with Gasteiger partial charge >= 0.3 is 6.18 Å². The number of piperazine rings is 1. The van der Waals surface area contributed by atoms with Gasteiger partial charge in [-0.3, -0.25) is 10.00 Å². The van der Waals surface area contributed by atoms with Crippen LogP contribution in [0.3, 0.4) is 0 Å². The van der Waals surface area contributed by atoms with E-state index in [2.05, 4.69) is 32.2 Å². The lowest BCUT2D eigenvalue weighted by Crippen LogP contribution is -2.50. The van der Waals surface area contributed by atoms with Crippen LogP contribution in [0.4, 0.5) is 30.8 Å². The minimum absolute atomic E-state index is 0.431. The summed E-state index contributed by atoms with van der Waals surface area (Å²) in [5.41, 5.74) is 1.87. The molecule has 1 atom stereocenters. The smallest absolute Gasteiger partial charge is 0.337 e. The van der Waals surface area contributed by atoms with Crippen LogP contribution in [-0.4, -0.2) is 61.9 Å². The summed E-state index contributed by atoms with van der Waals surface area (Å²) in [6.45, 7) is 8.20. The van der Waals surface area contributed by atoms with Gasteiger partial charge in [-0.2, -0.15) is 23.3 Å². The first kappa shape index (κ1) is 35.7. The fourth-order valence-electron chi connectivity index (χ4n) is 6.84. The molecule has 4 aromatic rings. The lowest BCUT2D eigenvalue weighted by molar-refractivity contribution is -0.138. The minimum Gasteiger partial charge on any atom is -0.337 e. The molecule has 2 N–H and O–H groups in total. The van der Waals surface area contributed by atoms with Crippen molar-refractivity contribution in [3.05, 3.63) is 65.5 Å². The lowest BCUT2D eigenvalue weighted by atomic mass is 9.99. The van der Waals surface area contributed by atoms with Crippen LogP contribution in [0, 0.1) is 6.92 Å². The molecule has 1 fully saturated rings. The van der Waals surface area contributed by atoms with E-state index in [0.29, 0.717) is 18.0 Å². The second-order valence-electron chi connectivity index (χ2n) is 13.5. The molecule has 48 heavy (non-hydrogen) atoms. The number of H-pyrrole nitrogens is 1. The Kier molecular flexibility index (Phi) is 13.2. The predicted octanol–water partition coefficient (Wildman–Crippen LogP) is 9.35. The van der Waals surface area contributed by atoms with Crippen LogP contribution in [0.25, 0.3) is 5.52 Å². The number of benzene rings is 1. The van der Waals surface area contributed by atoms with Gasteiger partial charge in [0.25, 0.3) is 0 Å². The lowest BCUT2D eigenvalue weighted by Gasteiger charge is -2.38. The molecule has 0 saturated carbocycles. The molecular formula is C37H53F3N8. The number of anilines is 3. The molecule has 1 saturated heterocycles. The number of aromatic nitrogens is 5. The highest BCUT2D eigenvalue weighted by Gasteiger charge is 2.32. The molecule has 3 aromatic heterocycles. The summed E-state index contributed by atoms with van der Waals surface area (Å²) >= 11 is 0. The Morgan fingerprint density at radius 3 is 2.12 bits per heavy atom. The Morgan fingerprint density at radius 1 is 0.833 bits per heavy atom. The molecule has 0 amide bonds. The average Bonchev–Trinajstić information content (AvgIpc) is 3.73. The van der Waals surface area contributed by atoms with Crippen molar-refractivity contribution in [1.82, 2.24) is 29.7 Å². The van der Waals surface area contributed by atoms with E-state index >= 15 is 0 Å². The number of aromatic amines is 1. The largest absolute Gasteiger partial charge is 0.416 e. The van der Waals surface area contributed by atoms with Gasteiger partial charge < -0.3 is 10.2 Å². The summed E-state index contributed by atoms with van der Waals surface area (Å²) in [5.74, 6) is 2.24. The Balaban J connectivity index is 0.881. The van der Waals surface area contributed by atoms with Crippen LogP contribution in [0.5, 0.6) is 0 Å². The van der Waals surface area contributed by atoms with Crippen LogP contribution >= 0.6 is 0 Å². The first-order valence-electron chi connectivity index (χ1n) is 18.1. The Bertz CT molecular complexity index is 1520. The number of unbranched alkanes of at least 4 members (excludes halogenated alkanes) is 11. The van der Waals surface area contributed by atoms with Crippen molar-refractivity contribution < 1.29 is 13.2 Å². The van der Waals surface area contributed by atoms with Gasteiger partial charge in [0.05, 0.1) is 5.56 Å². The van der Waals surface area contributed by atoms with E-state index in [9.17, 15) is 13.2 Å². The molecule has 0 aliphatic carbocycles. The number of nitrogens with zero attached hydrogens (tertiary/aromatic N) is 6. The van der Waals surface area contributed by atoms with Crippen molar-refractivity contribution in [2.24, 2.45) is 0 Å². The summed E-state index contributed by atoms with van der Waals surface area (Å²) in [6.07, 6.45) is 13.9. The SMILES string of the molecule is Cc1cc(Nc2nc(N3CCN(C(C)CCCCCCCCCCCCCCc4ccccc4C(F)(F)F)CC3)nn3cccc23)n[nH]1. The predicted molar refractivity (Wildman–Crippen MR) is 188 cm³/mol.